The molecule has 138 valence electrons. The maximum Gasteiger partial charge on any atom is 1.00 e. The van der Waals surface area contributed by atoms with Crippen molar-refractivity contribution in [3.63, 3.8) is 0 Å². The van der Waals surface area contributed by atoms with E-state index in [1.165, 1.54) is 11.1 Å². The van der Waals surface area contributed by atoms with Crippen molar-refractivity contribution in [3.8, 4) is 0 Å². The molecule has 0 aromatic heterocycles. The Morgan fingerprint density at radius 2 is 1.54 bits per heavy atom. The molecule has 26 heavy (non-hydrogen) atoms. The third-order valence-electron chi connectivity index (χ3n) is 3.21. The molecule has 5 nitrogen and oxygen atoms in total. The molecule has 0 rings (SSSR count). The van der Waals surface area contributed by atoms with Gasteiger partial charge in [0, 0.05) is 6.16 Å². The first-order chi connectivity index (χ1) is 11.1. The Labute approximate surface area is 203 Å². The van der Waals surface area contributed by atoms with E-state index in [1.54, 1.807) is 0 Å². The molecule has 8 heteroatoms. The number of rotatable bonds is 11. The molecule has 0 saturated heterocycles. The summed E-state index contributed by atoms with van der Waals surface area (Å²) < 4.78 is 10.8. The summed E-state index contributed by atoms with van der Waals surface area (Å²) in [5.74, 6) is -0.704. The van der Waals surface area contributed by atoms with Crippen molar-refractivity contribution >= 4 is 13.3 Å². The minimum Gasteiger partial charge on any atom is -0.822 e. The van der Waals surface area contributed by atoms with E-state index in [4.69, 9.17) is 4.84 Å². The molecule has 0 radical (unpaired) electrons. The predicted octanol–water partition coefficient (Wildman–Crippen LogP) is -2.11. The van der Waals surface area contributed by atoms with Gasteiger partial charge in [0.1, 0.15) is 0 Å². The third kappa shape index (κ3) is 22.9. The number of hydrogen-bond acceptors (Lipinski definition) is 4. The van der Waals surface area contributed by atoms with Gasteiger partial charge in [-0.25, -0.2) is 5.48 Å². The summed E-state index contributed by atoms with van der Waals surface area (Å²) in [6.45, 7) is 11.5. The molecule has 0 spiro atoms. The van der Waals surface area contributed by atoms with E-state index in [9.17, 15) is 14.3 Å². The molecule has 1 N–H and O–H groups in total. The molecule has 0 aromatic rings. The van der Waals surface area contributed by atoms with Gasteiger partial charge in [-0.3, -0.25) is 16.3 Å². The molecule has 0 heterocycles. The monoisotopic (exact) mass is 401 g/mol. The van der Waals surface area contributed by atoms with Gasteiger partial charge >= 0.3 is 59.1 Å². The minimum atomic E-state index is -3.85. The van der Waals surface area contributed by atoms with Crippen molar-refractivity contribution in [1.29, 1.82) is 0 Å². The predicted molar refractivity (Wildman–Crippen MR) is 97.3 cm³/mol. The van der Waals surface area contributed by atoms with Gasteiger partial charge in [0.15, 0.2) is 0 Å². The zero-order valence-corrected chi connectivity index (χ0v) is 22.2. The second kappa shape index (κ2) is 17.9. The molecular formula is C18H30NNa2O4P. The maximum absolute atomic E-state index is 11.2. The van der Waals surface area contributed by atoms with Crippen molar-refractivity contribution < 1.29 is 78.2 Å². The standard InChI is InChI=1S/C18H31NO4P.2Na/c1-15(2)8-6-9-16(3)10-7-11-17(4)12-13-23-19-18(20)14-24(5,21)22;;/h8,10,12H,5-7,9,11,13-14H2,1-4H3,(H,19,20)(H,21,22);;/q-1;2*+1/p-1/b16-10+,17-12+;;. The van der Waals surface area contributed by atoms with Crippen LogP contribution in [0.1, 0.15) is 53.4 Å². The first-order valence-corrected chi connectivity index (χ1v) is 10.1. The van der Waals surface area contributed by atoms with Gasteiger partial charge < -0.3 is 9.46 Å². The van der Waals surface area contributed by atoms with Gasteiger partial charge in [-0.2, -0.15) is 0 Å². The fraction of sp³-hybridized carbons (Fsp3) is 0.556. The van der Waals surface area contributed by atoms with Crippen LogP contribution in [-0.2, 0) is 14.2 Å². The SMILES string of the molecule is [CH2-]P(=O)([O-])CC(=O)NOC/C=C(\C)CC/C=C(\C)CCC=C(C)C.[Na+].[Na+]. The van der Waals surface area contributed by atoms with Crippen LogP contribution in [0.2, 0.25) is 0 Å². The van der Waals surface area contributed by atoms with Gasteiger partial charge in [0.2, 0.25) is 5.91 Å². The fourth-order valence-electron chi connectivity index (χ4n) is 1.90. The Balaban J connectivity index is -0.00000264. The Hall–Kier alpha value is 0.840. The molecular weight excluding hydrogens is 371 g/mol. The van der Waals surface area contributed by atoms with Crippen molar-refractivity contribution in [2.75, 3.05) is 12.8 Å². The number of carbonyl (C=O) groups is 1. The summed E-state index contributed by atoms with van der Waals surface area (Å²) in [6, 6.07) is 0. The number of allylic oxidation sites excluding steroid dienone is 5. The van der Waals surface area contributed by atoms with Gasteiger partial charge in [0.25, 0.3) is 0 Å². The Bertz CT molecular complexity index is 535. The molecule has 0 fully saturated rings. The zero-order chi connectivity index (χ0) is 18.6. The molecule has 0 aliphatic heterocycles. The number of carbonyl (C=O) groups excluding carboxylic acids is 1. The van der Waals surface area contributed by atoms with E-state index in [0.29, 0.717) is 0 Å². The first-order valence-electron chi connectivity index (χ1n) is 8.10. The van der Waals surface area contributed by atoms with Crippen LogP contribution in [0.4, 0.5) is 0 Å². The number of nitrogens with one attached hydrogen (secondary N) is 1. The molecule has 1 amide bonds. The number of hydrogen-bond donors (Lipinski definition) is 1. The second-order valence-corrected chi connectivity index (χ2v) is 8.21. The first kappa shape index (κ1) is 31.5. The number of amides is 1. The summed E-state index contributed by atoms with van der Waals surface area (Å²) in [5.41, 5.74) is 5.98. The van der Waals surface area contributed by atoms with E-state index in [-0.39, 0.29) is 65.7 Å². The van der Waals surface area contributed by atoms with Crippen molar-refractivity contribution in [2.24, 2.45) is 0 Å². The zero-order valence-electron chi connectivity index (χ0n) is 17.3. The number of hydroxylamine groups is 1. The van der Waals surface area contributed by atoms with Crippen LogP contribution in [-0.4, -0.2) is 18.7 Å². The van der Waals surface area contributed by atoms with Crippen LogP contribution in [0.5, 0.6) is 0 Å². The van der Waals surface area contributed by atoms with Crippen LogP contribution in [0.25, 0.3) is 0 Å². The summed E-state index contributed by atoms with van der Waals surface area (Å²) in [7, 11) is -3.85. The van der Waals surface area contributed by atoms with Crippen LogP contribution in [0.15, 0.2) is 34.9 Å². The smallest absolute Gasteiger partial charge is 0.822 e. The van der Waals surface area contributed by atoms with E-state index in [0.717, 1.165) is 31.3 Å². The van der Waals surface area contributed by atoms with Crippen LogP contribution in [0, 0.1) is 6.66 Å². The molecule has 1 atom stereocenters. The summed E-state index contributed by atoms with van der Waals surface area (Å²) in [5, 5.41) is 0. The van der Waals surface area contributed by atoms with E-state index < -0.39 is 19.4 Å². The van der Waals surface area contributed by atoms with Gasteiger partial charge in [0.05, 0.1) is 6.61 Å². The molecule has 0 aromatic carbocycles. The summed E-state index contributed by atoms with van der Waals surface area (Å²) in [4.78, 5) is 27.0. The summed E-state index contributed by atoms with van der Waals surface area (Å²) in [6.07, 6.45) is 9.77. The minimum absolute atomic E-state index is 0. The van der Waals surface area contributed by atoms with Gasteiger partial charge in [-0.15, -0.1) is 7.37 Å². The Morgan fingerprint density at radius 1 is 1.04 bits per heavy atom. The summed E-state index contributed by atoms with van der Waals surface area (Å²) >= 11 is 0. The van der Waals surface area contributed by atoms with Crippen LogP contribution in [0.3, 0.4) is 0 Å². The van der Waals surface area contributed by atoms with Gasteiger partial charge in [-0.1, -0.05) is 34.9 Å². The molecule has 0 saturated carbocycles. The fourth-order valence-corrected chi connectivity index (χ4v) is 2.40. The topological polar surface area (TPSA) is 78.5 Å². The Kier molecular flexibility index (Phi) is 21.7. The molecule has 0 aliphatic carbocycles. The normalized spacial score (nSPS) is 13.8. The van der Waals surface area contributed by atoms with E-state index in [2.05, 4.69) is 45.1 Å². The third-order valence-corrected chi connectivity index (χ3v) is 3.98. The maximum atomic E-state index is 11.2. The molecule has 0 bridgehead atoms. The second-order valence-electron chi connectivity index (χ2n) is 6.27. The van der Waals surface area contributed by atoms with E-state index in [1.807, 2.05) is 13.0 Å². The van der Waals surface area contributed by atoms with Crippen LogP contribution < -0.4 is 69.5 Å². The molecule has 0 aliphatic rings. The van der Waals surface area contributed by atoms with Crippen LogP contribution >= 0.6 is 7.37 Å². The largest absolute Gasteiger partial charge is 1.00 e. The van der Waals surface area contributed by atoms with Crippen molar-refractivity contribution in [2.45, 2.75) is 53.4 Å². The quantitative estimate of drug-likeness (QED) is 0.107. The van der Waals surface area contributed by atoms with Crippen molar-refractivity contribution in [3.05, 3.63) is 41.6 Å². The van der Waals surface area contributed by atoms with Crippen molar-refractivity contribution in [1.82, 2.24) is 5.48 Å². The van der Waals surface area contributed by atoms with Gasteiger partial charge in [-0.05, 0) is 53.4 Å². The Morgan fingerprint density at radius 3 is 2.04 bits per heavy atom. The molecule has 1 unspecified atom stereocenters. The average Bonchev–Trinajstić information content (AvgIpc) is 2.41. The van der Waals surface area contributed by atoms with E-state index >= 15 is 0 Å². The average molecular weight is 401 g/mol.